The van der Waals surface area contributed by atoms with Crippen LogP contribution in [0.4, 0.5) is 5.82 Å². The first-order valence-electron chi connectivity index (χ1n) is 9.38. The van der Waals surface area contributed by atoms with Gasteiger partial charge in [-0.1, -0.05) is 24.3 Å². The van der Waals surface area contributed by atoms with Crippen molar-refractivity contribution in [3.63, 3.8) is 0 Å². The van der Waals surface area contributed by atoms with Gasteiger partial charge in [0.25, 0.3) is 0 Å². The summed E-state index contributed by atoms with van der Waals surface area (Å²) < 4.78 is 2.00. The minimum Gasteiger partial charge on any atom is -0.314 e. The van der Waals surface area contributed by atoms with Gasteiger partial charge in [0.1, 0.15) is 5.82 Å². The van der Waals surface area contributed by atoms with Crippen LogP contribution < -0.4 is 10.6 Å². The highest BCUT2D eigenvalue weighted by Crippen LogP contribution is 2.34. The van der Waals surface area contributed by atoms with Crippen molar-refractivity contribution in [2.75, 3.05) is 11.9 Å². The maximum atomic E-state index is 12.7. The van der Waals surface area contributed by atoms with Crippen molar-refractivity contribution in [3.05, 3.63) is 47.7 Å². The van der Waals surface area contributed by atoms with Crippen LogP contribution in [0.2, 0.25) is 0 Å². The van der Waals surface area contributed by atoms with Crippen LogP contribution in [0.1, 0.15) is 49.8 Å². The van der Waals surface area contributed by atoms with Gasteiger partial charge in [-0.2, -0.15) is 5.10 Å². The fourth-order valence-corrected chi connectivity index (χ4v) is 4.24. The van der Waals surface area contributed by atoms with Crippen LogP contribution in [-0.4, -0.2) is 28.3 Å². The number of nitrogens with zero attached hydrogens (tertiary/aromatic N) is 2. The molecule has 5 nitrogen and oxygen atoms in total. The van der Waals surface area contributed by atoms with E-state index >= 15 is 0 Å². The molecule has 1 unspecified atom stereocenters. The highest BCUT2D eigenvalue weighted by Gasteiger charge is 2.27. The third kappa shape index (κ3) is 4.65. The van der Waals surface area contributed by atoms with E-state index in [2.05, 4.69) is 46.9 Å². The second-order valence-corrected chi connectivity index (χ2v) is 7.33. The molecule has 1 aliphatic carbocycles. The third-order valence-corrected chi connectivity index (χ3v) is 5.55. The first kappa shape index (κ1) is 21.7. The maximum absolute atomic E-state index is 12.7. The molecule has 7 heteroatoms. The number of rotatable bonds is 3. The largest absolute Gasteiger partial charge is 0.314 e. The number of aryl methyl sites for hydroxylation is 1. The molecule has 1 saturated heterocycles. The fraction of sp³-hybridized carbons (Fsp3) is 0.500. The Morgan fingerprint density at radius 2 is 2.04 bits per heavy atom. The normalized spacial score (nSPS) is 24.1. The summed E-state index contributed by atoms with van der Waals surface area (Å²) in [6.07, 6.45) is 6.93. The standard InChI is InChI=1S/C20H26N4O.2ClH/c1-14-13-16(9-11-21-14)20(25)23-19-10-12-22-24(19)18-8-4-6-15-5-2-3-7-17(15)18;;/h2-3,5,7,10,12,14,16,18,21H,4,6,8-9,11,13H2,1H3,(H,23,25);2*1H/t14-,16-,18?;;/m0../s1. The molecule has 1 aliphatic heterocycles. The summed E-state index contributed by atoms with van der Waals surface area (Å²) in [5.41, 5.74) is 2.74. The molecule has 1 fully saturated rings. The van der Waals surface area contributed by atoms with Crippen LogP contribution in [0.25, 0.3) is 0 Å². The molecule has 2 aromatic rings. The molecule has 148 valence electrons. The number of carbonyl (C=O) groups is 1. The van der Waals surface area contributed by atoms with Crippen LogP contribution in [0.3, 0.4) is 0 Å². The van der Waals surface area contributed by atoms with Crippen molar-refractivity contribution in [3.8, 4) is 0 Å². The Hall–Kier alpha value is -1.56. The Labute approximate surface area is 173 Å². The summed E-state index contributed by atoms with van der Waals surface area (Å²) in [4.78, 5) is 12.7. The van der Waals surface area contributed by atoms with Crippen molar-refractivity contribution < 1.29 is 4.79 Å². The molecule has 4 rings (SSSR count). The van der Waals surface area contributed by atoms with Crippen LogP contribution >= 0.6 is 24.8 Å². The average molecular weight is 411 g/mol. The molecule has 27 heavy (non-hydrogen) atoms. The van der Waals surface area contributed by atoms with Crippen LogP contribution in [0, 0.1) is 5.92 Å². The second kappa shape index (κ2) is 9.58. The molecule has 1 amide bonds. The quantitative estimate of drug-likeness (QED) is 0.804. The number of halogens is 2. The summed E-state index contributed by atoms with van der Waals surface area (Å²) in [5, 5.41) is 11.1. The molecular formula is C20H28Cl2N4O. The maximum Gasteiger partial charge on any atom is 0.228 e. The van der Waals surface area contributed by atoms with E-state index in [1.54, 1.807) is 6.20 Å². The lowest BCUT2D eigenvalue weighted by atomic mass is 9.88. The minimum absolute atomic E-state index is 0. The molecule has 0 bridgehead atoms. The number of amides is 1. The lowest BCUT2D eigenvalue weighted by molar-refractivity contribution is -0.120. The van der Waals surface area contributed by atoms with Crippen molar-refractivity contribution >= 4 is 36.5 Å². The first-order chi connectivity index (χ1) is 12.2. The number of piperidine rings is 1. The first-order valence-corrected chi connectivity index (χ1v) is 9.38. The topological polar surface area (TPSA) is 59.0 Å². The second-order valence-electron chi connectivity index (χ2n) is 7.33. The number of hydrogen-bond acceptors (Lipinski definition) is 3. The van der Waals surface area contributed by atoms with Gasteiger partial charge in [-0.15, -0.1) is 24.8 Å². The Balaban J connectivity index is 0.00000131. The van der Waals surface area contributed by atoms with E-state index in [1.165, 1.54) is 11.1 Å². The third-order valence-electron chi connectivity index (χ3n) is 5.55. The van der Waals surface area contributed by atoms with E-state index in [-0.39, 0.29) is 42.7 Å². The van der Waals surface area contributed by atoms with Gasteiger partial charge in [0, 0.05) is 18.0 Å². The Kier molecular flexibility index (Phi) is 7.71. The number of nitrogens with one attached hydrogen (secondary N) is 2. The molecule has 0 spiro atoms. The lowest BCUT2D eigenvalue weighted by Crippen LogP contribution is -2.40. The van der Waals surface area contributed by atoms with Crippen LogP contribution in [0.5, 0.6) is 0 Å². The molecule has 1 aromatic heterocycles. The van der Waals surface area contributed by atoms with Gasteiger partial charge in [0.2, 0.25) is 5.91 Å². The molecule has 2 heterocycles. The van der Waals surface area contributed by atoms with E-state index in [0.29, 0.717) is 6.04 Å². The Morgan fingerprint density at radius 3 is 2.85 bits per heavy atom. The van der Waals surface area contributed by atoms with E-state index in [9.17, 15) is 4.79 Å². The van der Waals surface area contributed by atoms with Gasteiger partial charge < -0.3 is 10.6 Å². The van der Waals surface area contributed by atoms with Crippen molar-refractivity contribution in [1.29, 1.82) is 0 Å². The van der Waals surface area contributed by atoms with Gasteiger partial charge in [0.15, 0.2) is 0 Å². The predicted molar refractivity (Wildman–Crippen MR) is 113 cm³/mol. The van der Waals surface area contributed by atoms with Crippen molar-refractivity contribution in [2.45, 2.75) is 51.1 Å². The number of carbonyl (C=O) groups excluding carboxylic acids is 1. The number of anilines is 1. The monoisotopic (exact) mass is 410 g/mol. The van der Waals surface area contributed by atoms with Crippen molar-refractivity contribution in [2.24, 2.45) is 5.92 Å². The molecule has 1 aromatic carbocycles. The van der Waals surface area contributed by atoms with Gasteiger partial charge >= 0.3 is 0 Å². The number of hydrogen-bond donors (Lipinski definition) is 2. The highest BCUT2D eigenvalue weighted by molar-refractivity contribution is 5.91. The number of fused-ring (bicyclic) bond motifs is 1. The van der Waals surface area contributed by atoms with E-state index in [0.717, 1.165) is 44.5 Å². The van der Waals surface area contributed by atoms with Crippen molar-refractivity contribution in [1.82, 2.24) is 15.1 Å². The smallest absolute Gasteiger partial charge is 0.228 e. The molecule has 2 N–H and O–H groups in total. The SMILES string of the molecule is C[C@H]1C[C@@H](C(=O)Nc2ccnn2C2CCCc3ccccc32)CCN1.Cl.Cl. The molecule has 3 atom stereocenters. The van der Waals surface area contributed by atoms with Gasteiger partial charge in [-0.25, -0.2) is 4.68 Å². The summed E-state index contributed by atoms with van der Waals surface area (Å²) in [6, 6.07) is 11.1. The average Bonchev–Trinajstić information content (AvgIpc) is 3.09. The number of benzene rings is 1. The Bertz CT molecular complexity index is 764. The van der Waals surface area contributed by atoms with Gasteiger partial charge in [-0.05, 0) is 56.7 Å². The summed E-state index contributed by atoms with van der Waals surface area (Å²) in [6.45, 7) is 3.05. The van der Waals surface area contributed by atoms with Gasteiger partial charge in [0.05, 0.1) is 12.2 Å². The summed E-state index contributed by atoms with van der Waals surface area (Å²) in [5.74, 6) is 1.02. The van der Waals surface area contributed by atoms with E-state index in [4.69, 9.17) is 0 Å². The number of aromatic nitrogens is 2. The zero-order valence-corrected chi connectivity index (χ0v) is 17.2. The van der Waals surface area contributed by atoms with Crippen LogP contribution in [-0.2, 0) is 11.2 Å². The predicted octanol–water partition coefficient (Wildman–Crippen LogP) is 3.98. The highest BCUT2D eigenvalue weighted by atomic mass is 35.5. The molecular weight excluding hydrogens is 383 g/mol. The summed E-state index contributed by atoms with van der Waals surface area (Å²) in [7, 11) is 0. The summed E-state index contributed by atoms with van der Waals surface area (Å²) >= 11 is 0. The Morgan fingerprint density at radius 1 is 1.22 bits per heavy atom. The fourth-order valence-electron chi connectivity index (χ4n) is 4.24. The zero-order chi connectivity index (χ0) is 17.2. The molecule has 0 radical (unpaired) electrons. The lowest BCUT2D eigenvalue weighted by Gasteiger charge is -2.29. The van der Waals surface area contributed by atoms with Gasteiger partial charge in [-0.3, -0.25) is 4.79 Å². The van der Waals surface area contributed by atoms with E-state index in [1.807, 2.05) is 10.7 Å². The zero-order valence-electron chi connectivity index (χ0n) is 15.6. The van der Waals surface area contributed by atoms with E-state index < -0.39 is 0 Å². The van der Waals surface area contributed by atoms with Crippen LogP contribution in [0.15, 0.2) is 36.5 Å². The molecule has 2 aliphatic rings. The minimum atomic E-state index is 0. The molecule has 0 saturated carbocycles.